The number of fused-ring (bicyclic) bond motifs is 2. The zero-order chi connectivity index (χ0) is 71.1. The molecule has 36 nitrogen and oxygen atoms in total. The van der Waals surface area contributed by atoms with E-state index in [4.69, 9.17) is 42.6 Å². The van der Waals surface area contributed by atoms with Crippen molar-refractivity contribution >= 4 is 11.9 Å². The van der Waals surface area contributed by atoms with Gasteiger partial charge >= 0.3 is 11.9 Å². The molecule has 0 saturated carbocycles. The largest absolute Gasteiger partial charge is 0.507 e. The fourth-order valence-electron chi connectivity index (χ4n) is 12.2. The number of ether oxygens (including phenoxy) is 9. The molecular formula is C62H64O36. The van der Waals surface area contributed by atoms with E-state index >= 15 is 0 Å². The topological polar surface area (TPSA) is 623 Å². The number of carbonyl (C=O) groups is 2. The predicted molar refractivity (Wildman–Crippen MR) is 312 cm³/mol. The average molecular weight is 1390 g/mol. The minimum atomic E-state index is -2.24. The third-order valence-corrected chi connectivity index (χ3v) is 17.4. The van der Waals surface area contributed by atoms with Gasteiger partial charge in [-0.3, -0.25) is 0 Å². The van der Waals surface area contributed by atoms with E-state index in [1.54, 1.807) is 0 Å². The molecule has 0 amide bonds. The zero-order valence-corrected chi connectivity index (χ0v) is 49.9. The summed E-state index contributed by atoms with van der Waals surface area (Å²) in [6.45, 7) is -2.55. The fraction of sp³-hybridized carbons (Fsp3) is 0.387. The van der Waals surface area contributed by atoms with Crippen molar-refractivity contribution in [3.05, 3.63) is 111 Å². The van der Waals surface area contributed by atoms with E-state index in [9.17, 15) is 137 Å². The highest BCUT2D eigenvalue weighted by Gasteiger charge is 2.53. The van der Waals surface area contributed by atoms with Crippen LogP contribution in [-0.4, -0.2) is 257 Å². The number of rotatable bonds is 15. The quantitative estimate of drug-likeness (QED) is 0.0384. The molecule has 5 heterocycles. The zero-order valence-electron chi connectivity index (χ0n) is 49.9. The van der Waals surface area contributed by atoms with Gasteiger partial charge in [-0.25, -0.2) is 9.59 Å². The molecule has 6 aromatic rings. The Kier molecular flexibility index (Phi) is 19.1. The first-order chi connectivity index (χ1) is 46.3. The minimum Gasteiger partial charge on any atom is -0.507 e. The Morgan fingerprint density at radius 3 is 1.28 bits per heavy atom. The van der Waals surface area contributed by atoms with Gasteiger partial charge in [-0.2, -0.15) is 0 Å². The number of aliphatic hydroxyl groups is 10. The lowest BCUT2D eigenvalue weighted by Gasteiger charge is -2.44. The second-order valence-electron chi connectivity index (χ2n) is 23.6. The number of phenols is 15. The van der Waals surface area contributed by atoms with Gasteiger partial charge in [-0.15, -0.1) is 0 Å². The van der Waals surface area contributed by atoms with Crippen LogP contribution in [0.3, 0.4) is 0 Å². The molecule has 0 radical (unpaired) electrons. The summed E-state index contributed by atoms with van der Waals surface area (Å²) in [5.74, 6) is -21.8. The summed E-state index contributed by atoms with van der Waals surface area (Å²) in [5, 5.41) is 271. The molecule has 0 bridgehead atoms. The van der Waals surface area contributed by atoms with E-state index < -0.39 is 292 Å². The van der Waals surface area contributed by atoms with Crippen LogP contribution in [0.2, 0.25) is 0 Å². The minimum absolute atomic E-state index is 0.362. The number of hydrogen-bond acceptors (Lipinski definition) is 36. The number of benzene rings is 6. The number of aliphatic hydroxyl groups excluding tert-OH is 10. The van der Waals surface area contributed by atoms with E-state index in [0.717, 1.165) is 36.4 Å². The molecule has 11 rings (SSSR count). The van der Waals surface area contributed by atoms with Gasteiger partial charge < -0.3 is 170 Å². The van der Waals surface area contributed by atoms with Crippen LogP contribution in [0.25, 0.3) is 0 Å². The Morgan fingerprint density at radius 1 is 0.388 bits per heavy atom. The molecule has 0 aromatic heterocycles. The summed E-state index contributed by atoms with van der Waals surface area (Å²) in [7, 11) is 0. The molecular weight excluding hydrogens is 1320 g/mol. The molecule has 25 N–H and O–H groups in total. The lowest BCUT2D eigenvalue weighted by atomic mass is 9.76. The van der Waals surface area contributed by atoms with Crippen molar-refractivity contribution in [2.75, 3.05) is 19.8 Å². The van der Waals surface area contributed by atoms with Gasteiger partial charge in [0.05, 0.1) is 36.9 Å². The van der Waals surface area contributed by atoms with Gasteiger partial charge in [0.1, 0.15) is 114 Å². The summed E-state index contributed by atoms with van der Waals surface area (Å²) >= 11 is 0. The van der Waals surface area contributed by atoms with Gasteiger partial charge in [-0.05, 0) is 66.2 Å². The number of carbonyl (C=O) groups excluding carboxylic acids is 2. The van der Waals surface area contributed by atoms with Crippen LogP contribution in [0.4, 0.5) is 0 Å². The predicted octanol–water partition coefficient (Wildman–Crippen LogP) is -2.17. The van der Waals surface area contributed by atoms with Crippen LogP contribution >= 0.6 is 0 Å². The standard InChI is InChI=1S/C62H64O36/c63-13-35-45(79)49(83)52(86)61(95-35)91-15-37-47(81)50(84)53(87)62(96-37)90-14-36-46(80)48(82)51(85)55(93-36)18-1-23(65)38-33(10-18)92-56(17-4-27(69)42(76)28(70)5-17)58(98-60(89)20-8-31(73)44(78)32(74)9-20)40(38)39-24(66)12-22(64)21-11-34(94-59(88)19-6-29(71)43(77)30(72)7-19)54(97-57(21)39)16-2-25(67)41(75)26(68)3-16/h1-10,12,34-37,40,45-56,58,61-87H,11,13-15H2/t34-,35-,36-,37-,40-,45-,46-,47-,48+,49+,50+,51-,52-,53-,54-,55+,56-,58-,61-,62-/m1/s1. The first-order valence-electron chi connectivity index (χ1n) is 29.4. The molecule has 3 saturated heterocycles. The van der Waals surface area contributed by atoms with Crippen molar-refractivity contribution in [1.29, 1.82) is 0 Å². The summed E-state index contributed by atoms with van der Waals surface area (Å²) < 4.78 is 53.3. The molecule has 6 aromatic carbocycles. The van der Waals surface area contributed by atoms with Crippen molar-refractivity contribution in [2.45, 2.75) is 129 Å². The summed E-state index contributed by atoms with van der Waals surface area (Å²) in [6, 6.07) is 8.37. The maximum atomic E-state index is 14.6. The van der Waals surface area contributed by atoms with E-state index in [0.29, 0.717) is 30.3 Å². The molecule has 98 heavy (non-hydrogen) atoms. The Bertz CT molecular complexity index is 3940. The number of phenolic OH excluding ortho intramolecular Hbond substituents is 15. The van der Waals surface area contributed by atoms with Crippen molar-refractivity contribution < 1.29 is 180 Å². The smallest absolute Gasteiger partial charge is 0.338 e. The SMILES string of the molecule is O=C(O[C@@H]1[C@@H](c2c(O)cc(O)c3c2O[C@H](c2cc(O)c(O)c(O)c2)[C@H](OC(=O)c2cc(O)c(O)c(O)c2)C3)c2c(O)cc([C@@H]3O[C@H](CO[C@@H]4O[C@H](CO[C@@H]5O[C@H](CO)[C@@H](O)[C@H](O)[C@H]5O)[C@@H](O)[C@H](O)[C@H]4O)[C@@H](O)[C@H](O)[C@H]3O)cc2O[C@@H]1c1cc(O)c(O)c(O)c1)c1cc(O)c(O)c(O)c1. The van der Waals surface area contributed by atoms with E-state index in [1.165, 1.54) is 0 Å². The van der Waals surface area contributed by atoms with E-state index in [2.05, 4.69) is 0 Å². The lowest BCUT2D eigenvalue weighted by molar-refractivity contribution is -0.336. The van der Waals surface area contributed by atoms with Gasteiger partial charge in [0.25, 0.3) is 0 Å². The Labute approximate surface area is 547 Å². The third kappa shape index (κ3) is 12.7. The molecule has 0 unspecified atom stereocenters. The number of hydrogen-bond donors (Lipinski definition) is 25. The summed E-state index contributed by atoms with van der Waals surface area (Å²) in [4.78, 5) is 28.6. The van der Waals surface area contributed by atoms with Crippen LogP contribution in [0.1, 0.15) is 78.3 Å². The van der Waals surface area contributed by atoms with Gasteiger partial charge in [0.2, 0.25) is 0 Å². The van der Waals surface area contributed by atoms with Gasteiger partial charge in [0.15, 0.2) is 99.9 Å². The fourth-order valence-corrected chi connectivity index (χ4v) is 12.2. The summed E-state index contributed by atoms with van der Waals surface area (Å²) in [5.41, 5.74) is -4.22. The first kappa shape index (κ1) is 69.6. The Balaban J connectivity index is 1.01. The number of esters is 2. The van der Waals surface area contributed by atoms with Crippen molar-refractivity contribution in [1.82, 2.24) is 0 Å². The van der Waals surface area contributed by atoms with Gasteiger partial charge in [-0.1, -0.05) is 0 Å². The van der Waals surface area contributed by atoms with Crippen molar-refractivity contribution in [3.63, 3.8) is 0 Å². The molecule has 36 heteroatoms. The Hall–Kier alpha value is -9.74. The molecule has 3 fully saturated rings. The average Bonchev–Trinajstić information content (AvgIpc) is 0.719. The second-order valence-corrected chi connectivity index (χ2v) is 23.6. The highest BCUT2D eigenvalue weighted by atomic mass is 16.7. The molecule has 5 aliphatic rings. The normalized spacial score (nSPS) is 30.6. The van der Waals surface area contributed by atoms with Crippen LogP contribution in [-0.2, 0) is 39.6 Å². The number of aromatic hydroxyl groups is 15. The summed E-state index contributed by atoms with van der Waals surface area (Å²) in [6.07, 6.45) is -37.5. The monoisotopic (exact) mass is 1380 g/mol. The molecule has 0 spiro atoms. The third-order valence-electron chi connectivity index (χ3n) is 17.4. The van der Waals surface area contributed by atoms with Crippen molar-refractivity contribution in [3.8, 4) is 97.7 Å². The van der Waals surface area contributed by atoms with Crippen LogP contribution in [0.15, 0.2) is 66.7 Å². The highest BCUT2D eigenvalue weighted by Crippen LogP contribution is 2.59. The molecule has 0 aliphatic carbocycles. The molecule has 5 aliphatic heterocycles. The first-order valence-corrected chi connectivity index (χ1v) is 29.4. The maximum Gasteiger partial charge on any atom is 0.338 e. The molecule has 20 atom stereocenters. The lowest BCUT2D eigenvalue weighted by Crippen LogP contribution is -2.62. The van der Waals surface area contributed by atoms with Gasteiger partial charge in [0, 0.05) is 40.3 Å². The Morgan fingerprint density at radius 2 is 0.786 bits per heavy atom. The van der Waals surface area contributed by atoms with Crippen LogP contribution in [0.5, 0.6) is 97.7 Å². The van der Waals surface area contributed by atoms with Crippen LogP contribution in [0, 0.1) is 0 Å². The highest BCUT2D eigenvalue weighted by molar-refractivity contribution is 5.92. The van der Waals surface area contributed by atoms with Crippen LogP contribution < -0.4 is 9.47 Å². The second kappa shape index (κ2) is 26.9. The van der Waals surface area contributed by atoms with E-state index in [-0.39, 0.29) is 11.1 Å². The maximum absolute atomic E-state index is 14.6. The van der Waals surface area contributed by atoms with Crippen molar-refractivity contribution in [2.24, 2.45) is 0 Å². The van der Waals surface area contributed by atoms with E-state index in [1.807, 2.05) is 0 Å². The molecule has 528 valence electrons.